The number of hydrogen-bond acceptors (Lipinski definition) is 4. The van der Waals surface area contributed by atoms with Crippen LogP contribution in [-0.4, -0.2) is 30.5 Å². The zero-order valence-electron chi connectivity index (χ0n) is 11.2. The number of hydrogen-bond donors (Lipinski definition) is 0. The fraction of sp³-hybridized carbons (Fsp3) is 0.538. The van der Waals surface area contributed by atoms with Crippen LogP contribution in [0.1, 0.15) is 25.0 Å². The van der Waals surface area contributed by atoms with E-state index in [0.717, 1.165) is 24.2 Å². The lowest BCUT2D eigenvalue weighted by atomic mass is 9.78. The molecule has 98 valence electrons. The molecule has 0 radical (unpaired) electrons. The van der Waals surface area contributed by atoms with Crippen LogP contribution in [0, 0.1) is 10.1 Å². The van der Waals surface area contributed by atoms with E-state index in [1.807, 2.05) is 13.1 Å². The Labute approximate surface area is 107 Å². The van der Waals surface area contributed by atoms with Gasteiger partial charge in [-0.3, -0.25) is 10.1 Å². The number of ether oxygens (including phenoxy) is 1. The van der Waals surface area contributed by atoms with E-state index in [9.17, 15) is 10.1 Å². The number of nitrogens with zero attached hydrogens (tertiary/aromatic N) is 2. The summed E-state index contributed by atoms with van der Waals surface area (Å²) < 4.78 is 5.14. The quantitative estimate of drug-likeness (QED) is 0.597. The molecule has 0 bridgehead atoms. The molecule has 1 aliphatic heterocycles. The number of fused-ring (bicyclic) bond motifs is 1. The predicted molar refractivity (Wildman–Crippen MR) is 69.0 cm³/mol. The Hall–Kier alpha value is -1.62. The van der Waals surface area contributed by atoms with Crippen molar-refractivity contribution in [1.29, 1.82) is 0 Å². The first-order valence-electron chi connectivity index (χ1n) is 5.89. The highest BCUT2D eigenvalue weighted by Crippen LogP contribution is 2.39. The molecule has 1 aliphatic rings. The van der Waals surface area contributed by atoms with Crippen molar-refractivity contribution in [1.82, 2.24) is 4.90 Å². The zero-order valence-corrected chi connectivity index (χ0v) is 11.2. The SMILES string of the molecule is COc1cc2c(cc1[N+](=O)[O-])CN(C)CC2(C)C. The van der Waals surface area contributed by atoms with E-state index in [1.54, 1.807) is 6.07 Å². The monoisotopic (exact) mass is 250 g/mol. The number of methoxy groups -OCH3 is 1. The lowest BCUT2D eigenvalue weighted by Crippen LogP contribution is -2.39. The second-order valence-electron chi connectivity index (χ2n) is 5.49. The molecule has 5 heteroatoms. The van der Waals surface area contributed by atoms with Gasteiger partial charge < -0.3 is 9.64 Å². The Bertz CT molecular complexity index is 497. The number of nitro groups is 1. The van der Waals surface area contributed by atoms with Gasteiger partial charge in [0, 0.05) is 24.6 Å². The second kappa shape index (κ2) is 4.24. The van der Waals surface area contributed by atoms with Gasteiger partial charge in [0.25, 0.3) is 0 Å². The van der Waals surface area contributed by atoms with Crippen molar-refractivity contribution in [3.8, 4) is 5.75 Å². The van der Waals surface area contributed by atoms with Crippen molar-refractivity contribution in [2.24, 2.45) is 0 Å². The first-order chi connectivity index (χ1) is 8.35. The molecule has 0 fully saturated rings. The minimum Gasteiger partial charge on any atom is -0.490 e. The van der Waals surface area contributed by atoms with E-state index in [-0.39, 0.29) is 16.0 Å². The molecule has 18 heavy (non-hydrogen) atoms. The van der Waals surface area contributed by atoms with E-state index in [0.29, 0.717) is 5.75 Å². The Morgan fingerprint density at radius 2 is 2.11 bits per heavy atom. The average molecular weight is 250 g/mol. The van der Waals surface area contributed by atoms with Crippen LogP contribution in [0.15, 0.2) is 12.1 Å². The molecule has 1 heterocycles. The van der Waals surface area contributed by atoms with Crippen LogP contribution < -0.4 is 4.74 Å². The molecule has 0 aromatic heterocycles. The summed E-state index contributed by atoms with van der Waals surface area (Å²) in [5, 5.41) is 11.0. The van der Waals surface area contributed by atoms with Gasteiger partial charge in [-0.2, -0.15) is 0 Å². The van der Waals surface area contributed by atoms with Gasteiger partial charge in [0.2, 0.25) is 0 Å². The molecule has 0 saturated carbocycles. The molecule has 1 aromatic rings. The van der Waals surface area contributed by atoms with E-state index in [2.05, 4.69) is 18.7 Å². The Morgan fingerprint density at radius 3 is 2.67 bits per heavy atom. The molecular weight excluding hydrogens is 232 g/mol. The first-order valence-corrected chi connectivity index (χ1v) is 5.89. The van der Waals surface area contributed by atoms with Crippen molar-refractivity contribution in [3.63, 3.8) is 0 Å². The van der Waals surface area contributed by atoms with E-state index in [1.165, 1.54) is 7.11 Å². The van der Waals surface area contributed by atoms with Gasteiger partial charge in [-0.15, -0.1) is 0 Å². The molecule has 1 aromatic carbocycles. The van der Waals surface area contributed by atoms with Crippen molar-refractivity contribution < 1.29 is 9.66 Å². The van der Waals surface area contributed by atoms with E-state index in [4.69, 9.17) is 4.74 Å². The summed E-state index contributed by atoms with van der Waals surface area (Å²) in [6.45, 7) is 5.96. The minimum atomic E-state index is -0.388. The molecular formula is C13H18N2O3. The summed E-state index contributed by atoms with van der Waals surface area (Å²) in [5.41, 5.74) is 2.18. The van der Waals surface area contributed by atoms with Crippen LogP contribution in [0.5, 0.6) is 5.75 Å². The van der Waals surface area contributed by atoms with Gasteiger partial charge in [-0.1, -0.05) is 13.8 Å². The third kappa shape index (κ3) is 2.06. The van der Waals surface area contributed by atoms with Gasteiger partial charge in [0.1, 0.15) is 0 Å². The maximum Gasteiger partial charge on any atom is 0.311 e. The van der Waals surface area contributed by atoms with Crippen LogP contribution in [-0.2, 0) is 12.0 Å². The molecule has 0 aliphatic carbocycles. The number of rotatable bonds is 2. The molecule has 0 amide bonds. The normalized spacial score (nSPS) is 18.2. The van der Waals surface area contributed by atoms with E-state index >= 15 is 0 Å². The van der Waals surface area contributed by atoms with Crippen molar-refractivity contribution in [2.45, 2.75) is 25.8 Å². The molecule has 5 nitrogen and oxygen atoms in total. The summed E-state index contributed by atoms with van der Waals surface area (Å²) in [5.74, 6) is 0.344. The molecule has 0 unspecified atom stereocenters. The van der Waals surface area contributed by atoms with Crippen LogP contribution in [0.4, 0.5) is 5.69 Å². The van der Waals surface area contributed by atoms with Gasteiger partial charge in [0.05, 0.1) is 12.0 Å². The Balaban J connectivity index is 2.62. The van der Waals surface area contributed by atoms with Gasteiger partial charge in [-0.25, -0.2) is 0 Å². The van der Waals surface area contributed by atoms with Crippen molar-refractivity contribution in [2.75, 3.05) is 20.7 Å². The van der Waals surface area contributed by atoms with Crippen LogP contribution >= 0.6 is 0 Å². The number of nitro benzene ring substituents is 1. The third-order valence-electron chi connectivity index (χ3n) is 3.44. The van der Waals surface area contributed by atoms with Crippen LogP contribution in [0.25, 0.3) is 0 Å². The zero-order chi connectivity index (χ0) is 13.5. The molecule has 0 N–H and O–H groups in total. The summed E-state index contributed by atoms with van der Waals surface area (Å²) >= 11 is 0. The summed E-state index contributed by atoms with van der Waals surface area (Å²) in [6.07, 6.45) is 0. The lowest BCUT2D eigenvalue weighted by molar-refractivity contribution is -0.385. The lowest BCUT2D eigenvalue weighted by Gasteiger charge is -2.38. The molecule has 0 atom stereocenters. The Kier molecular flexibility index (Phi) is 3.02. The maximum atomic E-state index is 11.0. The average Bonchev–Trinajstić information content (AvgIpc) is 2.26. The highest BCUT2D eigenvalue weighted by atomic mass is 16.6. The summed E-state index contributed by atoms with van der Waals surface area (Å²) in [6, 6.07) is 3.46. The highest BCUT2D eigenvalue weighted by molar-refractivity contribution is 5.54. The van der Waals surface area contributed by atoms with Crippen molar-refractivity contribution in [3.05, 3.63) is 33.4 Å². The largest absolute Gasteiger partial charge is 0.490 e. The third-order valence-corrected chi connectivity index (χ3v) is 3.44. The van der Waals surface area contributed by atoms with E-state index < -0.39 is 0 Å². The van der Waals surface area contributed by atoms with Gasteiger partial charge in [0.15, 0.2) is 5.75 Å². The fourth-order valence-corrected chi connectivity index (χ4v) is 2.79. The fourth-order valence-electron chi connectivity index (χ4n) is 2.79. The maximum absolute atomic E-state index is 11.0. The molecule has 2 rings (SSSR count). The number of benzene rings is 1. The number of likely N-dealkylation sites (N-methyl/N-ethyl adjacent to an activating group) is 1. The highest BCUT2D eigenvalue weighted by Gasteiger charge is 2.33. The van der Waals surface area contributed by atoms with Crippen LogP contribution in [0.3, 0.4) is 0 Å². The summed E-state index contributed by atoms with van der Waals surface area (Å²) in [4.78, 5) is 12.8. The smallest absolute Gasteiger partial charge is 0.311 e. The predicted octanol–water partition coefficient (Wildman–Crippen LogP) is 2.33. The van der Waals surface area contributed by atoms with Gasteiger partial charge >= 0.3 is 5.69 Å². The summed E-state index contributed by atoms with van der Waals surface area (Å²) in [7, 11) is 3.50. The topological polar surface area (TPSA) is 55.6 Å². The Morgan fingerprint density at radius 1 is 1.44 bits per heavy atom. The molecule has 0 saturated heterocycles. The molecule has 0 spiro atoms. The minimum absolute atomic E-state index is 0.0231. The second-order valence-corrected chi connectivity index (χ2v) is 5.49. The van der Waals surface area contributed by atoms with Crippen molar-refractivity contribution >= 4 is 5.69 Å². The first kappa shape index (κ1) is 12.8. The standard InChI is InChI=1S/C13H18N2O3/c1-13(2)8-14(3)7-9-5-11(15(16)17)12(18-4)6-10(9)13/h5-6H,7-8H2,1-4H3. The van der Waals surface area contributed by atoms with Gasteiger partial charge in [-0.05, 0) is 24.2 Å². The van der Waals surface area contributed by atoms with Crippen LogP contribution in [0.2, 0.25) is 0 Å².